The van der Waals surface area contributed by atoms with Gasteiger partial charge in [-0.25, -0.2) is 0 Å². The third kappa shape index (κ3) is 2.23. The van der Waals surface area contributed by atoms with Crippen LogP contribution >= 0.6 is 11.8 Å². The van der Waals surface area contributed by atoms with Crippen LogP contribution in [0.15, 0.2) is 51.8 Å². The number of guanidine groups is 1. The number of aliphatic imine (C=N–C) groups is 2. The van der Waals surface area contributed by atoms with E-state index in [0.29, 0.717) is 11.8 Å². The van der Waals surface area contributed by atoms with Crippen LogP contribution in [0.5, 0.6) is 5.75 Å². The topological polar surface area (TPSA) is 58.3 Å². The number of methoxy groups -OCH3 is 1. The largest absolute Gasteiger partial charge is 0.497 e. The van der Waals surface area contributed by atoms with E-state index in [-0.39, 0.29) is 4.11 Å². The Kier molecular flexibility index (Phi) is 2.81. The molecule has 0 saturated carbocycles. The number of hydrogen-bond donors (Lipinski definition) is 1. The van der Waals surface area contributed by atoms with Gasteiger partial charge < -0.3 is 10.1 Å². The summed E-state index contributed by atoms with van der Waals surface area (Å²) in [6.45, 7) is 0. The highest BCUT2D eigenvalue weighted by Gasteiger charge is 2.39. The van der Waals surface area contributed by atoms with Gasteiger partial charge in [0.1, 0.15) is 12.0 Å². The molecule has 96 valence electrons. The van der Waals surface area contributed by atoms with Gasteiger partial charge in [0.05, 0.1) is 13.3 Å². The molecular formula is C12H11ClN5O+. The van der Waals surface area contributed by atoms with Gasteiger partial charge in [-0.1, -0.05) is 6.07 Å². The first-order chi connectivity index (χ1) is 9.19. The average molecular weight is 277 g/mol. The molecule has 2 aliphatic rings. The first-order valence-electron chi connectivity index (χ1n) is 5.59. The second-order valence-corrected chi connectivity index (χ2v) is 4.44. The van der Waals surface area contributed by atoms with Crippen LogP contribution in [-0.4, -0.2) is 29.2 Å². The van der Waals surface area contributed by atoms with Crippen molar-refractivity contribution in [3.05, 3.63) is 36.7 Å². The van der Waals surface area contributed by atoms with Gasteiger partial charge in [-0.15, -0.1) is 4.99 Å². The number of hydrogen-bond acceptors (Lipinski definition) is 5. The lowest BCUT2D eigenvalue weighted by molar-refractivity contribution is -0.659. The van der Waals surface area contributed by atoms with Crippen LogP contribution < -0.4 is 10.1 Å². The molecule has 0 aromatic heterocycles. The fourth-order valence-electron chi connectivity index (χ4n) is 1.73. The Hall–Kier alpha value is -2.18. The minimum atomic E-state index is -0.240. The summed E-state index contributed by atoms with van der Waals surface area (Å²) in [6, 6.07) is 7.49. The highest BCUT2D eigenvalue weighted by molar-refractivity contribution is 6.36. The van der Waals surface area contributed by atoms with E-state index in [2.05, 4.69) is 20.4 Å². The van der Waals surface area contributed by atoms with Gasteiger partial charge in [0.2, 0.25) is 11.8 Å². The van der Waals surface area contributed by atoms with Crippen molar-refractivity contribution in [3.63, 3.8) is 0 Å². The van der Waals surface area contributed by atoms with E-state index in [1.807, 2.05) is 24.3 Å². The Labute approximate surface area is 115 Å². The van der Waals surface area contributed by atoms with E-state index in [4.69, 9.17) is 16.5 Å². The summed E-state index contributed by atoms with van der Waals surface area (Å²) in [4.78, 5) is 8.26. The first-order valence-corrected chi connectivity index (χ1v) is 5.93. The molecule has 1 aromatic carbocycles. The maximum atomic E-state index is 6.27. The molecular weight excluding hydrogens is 266 g/mol. The van der Waals surface area contributed by atoms with Crippen molar-refractivity contribution in [2.45, 2.75) is 0 Å². The number of quaternary nitrogens is 1. The molecule has 2 aliphatic heterocycles. The number of rotatable bonds is 2. The summed E-state index contributed by atoms with van der Waals surface area (Å²) in [6.07, 6.45) is 4.81. The number of anilines is 1. The Morgan fingerprint density at radius 2 is 2.26 bits per heavy atom. The molecule has 0 fully saturated rings. The van der Waals surface area contributed by atoms with Crippen molar-refractivity contribution in [3.8, 4) is 5.75 Å². The van der Waals surface area contributed by atoms with Gasteiger partial charge in [0.25, 0.3) is 11.8 Å². The van der Waals surface area contributed by atoms with Gasteiger partial charge >= 0.3 is 0 Å². The van der Waals surface area contributed by atoms with Crippen molar-refractivity contribution in [1.29, 1.82) is 0 Å². The molecule has 7 heteroatoms. The highest BCUT2D eigenvalue weighted by Crippen LogP contribution is 2.25. The van der Waals surface area contributed by atoms with Gasteiger partial charge in [-0.2, -0.15) is 0 Å². The van der Waals surface area contributed by atoms with E-state index in [1.54, 1.807) is 25.7 Å². The number of fused-ring (bicyclic) bond motifs is 1. The van der Waals surface area contributed by atoms with E-state index >= 15 is 0 Å². The predicted molar refractivity (Wildman–Crippen MR) is 75.2 cm³/mol. The number of amidine groups is 1. The van der Waals surface area contributed by atoms with Crippen molar-refractivity contribution in [2.75, 3.05) is 12.4 Å². The predicted octanol–water partition coefficient (Wildman–Crippen LogP) is 2.32. The van der Waals surface area contributed by atoms with Crippen LogP contribution in [0.25, 0.3) is 0 Å². The number of benzene rings is 1. The molecule has 1 N–H and O–H groups in total. The Bertz CT molecular complexity index is 637. The van der Waals surface area contributed by atoms with Crippen molar-refractivity contribution >= 4 is 35.5 Å². The van der Waals surface area contributed by atoms with E-state index in [0.717, 1.165) is 11.4 Å². The molecule has 1 aromatic rings. The molecule has 0 amide bonds. The van der Waals surface area contributed by atoms with Gasteiger partial charge in [-0.05, 0) is 21.3 Å². The van der Waals surface area contributed by atoms with Crippen LogP contribution in [0.2, 0.25) is 0 Å². The average Bonchev–Trinajstić information content (AvgIpc) is 2.74. The maximum absolute atomic E-state index is 6.27. The van der Waals surface area contributed by atoms with Crippen LogP contribution in [0, 0.1) is 0 Å². The fourth-order valence-corrected chi connectivity index (χ4v) is 1.93. The molecule has 1 unspecified atom stereocenters. The van der Waals surface area contributed by atoms with E-state index in [1.165, 1.54) is 0 Å². The summed E-state index contributed by atoms with van der Waals surface area (Å²) in [5, 5.41) is 7.36. The molecule has 0 bridgehead atoms. The SMILES string of the molecule is COc1cccc(NC2=N[N+]3(Cl)C=CN=CC3=N2)c1. The number of ether oxygens (including phenoxy) is 1. The summed E-state index contributed by atoms with van der Waals surface area (Å²) in [5.74, 6) is 1.73. The molecule has 0 aliphatic carbocycles. The monoisotopic (exact) mass is 276 g/mol. The molecule has 0 spiro atoms. The molecule has 6 nitrogen and oxygen atoms in total. The summed E-state index contributed by atoms with van der Waals surface area (Å²) in [7, 11) is 1.62. The standard InChI is InChI=1S/C12H11ClN5O/c1-19-10-4-2-3-9(7-10)15-12-16-11-8-14-5-6-18(11,13)17-12/h2-8H,1H3,(H,15,17)/q+1. The molecule has 0 saturated heterocycles. The minimum Gasteiger partial charge on any atom is -0.497 e. The normalized spacial score (nSPS) is 23.7. The molecule has 0 radical (unpaired) electrons. The van der Waals surface area contributed by atoms with Gasteiger partial charge in [0.15, 0.2) is 6.20 Å². The zero-order valence-electron chi connectivity index (χ0n) is 10.1. The molecule has 1 atom stereocenters. The lowest BCUT2D eigenvalue weighted by Gasteiger charge is -2.12. The van der Waals surface area contributed by atoms with Gasteiger partial charge in [0, 0.05) is 11.8 Å². The van der Waals surface area contributed by atoms with Crippen molar-refractivity contribution < 1.29 is 8.85 Å². The smallest absolute Gasteiger partial charge is 0.300 e. The van der Waals surface area contributed by atoms with E-state index < -0.39 is 0 Å². The number of nitrogens with one attached hydrogen (secondary N) is 1. The van der Waals surface area contributed by atoms with E-state index in [9.17, 15) is 0 Å². The number of nitrogens with zero attached hydrogens (tertiary/aromatic N) is 4. The Morgan fingerprint density at radius 3 is 3.05 bits per heavy atom. The summed E-state index contributed by atoms with van der Waals surface area (Å²) < 4.78 is 4.92. The van der Waals surface area contributed by atoms with Crippen LogP contribution in [0.1, 0.15) is 0 Å². The maximum Gasteiger partial charge on any atom is 0.300 e. The lowest BCUT2D eigenvalue weighted by Crippen LogP contribution is -2.33. The quantitative estimate of drug-likeness (QED) is 0.843. The first kappa shape index (κ1) is 11.9. The van der Waals surface area contributed by atoms with Crippen LogP contribution in [0.3, 0.4) is 0 Å². The van der Waals surface area contributed by atoms with Crippen molar-refractivity contribution in [2.24, 2.45) is 15.1 Å². The second-order valence-electron chi connectivity index (χ2n) is 3.93. The summed E-state index contributed by atoms with van der Waals surface area (Å²) >= 11 is 6.27. The molecule has 2 heterocycles. The third-order valence-corrected chi connectivity index (χ3v) is 3.01. The Balaban J connectivity index is 1.85. The summed E-state index contributed by atoms with van der Waals surface area (Å²) in [5.41, 5.74) is 0.825. The van der Waals surface area contributed by atoms with Crippen LogP contribution in [-0.2, 0) is 0 Å². The third-order valence-electron chi connectivity index (χ3n) is 2.65. The zero-order valence-corrected chi connectivity index (χ0v) is 10.9. The zero-order chi connectivity index (χ0) is 13.3. The molecule has 3 rings (SSSR count). The minimum absolute atomic E-state index is 0.240. The van der Waals surface area contributed by atoms with Crippen molar-refractivity contribution in [1.82, 2.24) is 0 Å². The fraction of sp³-hybridized carbons (Fsp3) is 0.0833. The van der Waals surface area contributed by atoms with Gasteiger partial charge in [-0.3, -0.25) is 4.99 Å². The highest BCUT2D eigenvalue weighted by atomic mass is 35.5. The number of halogens is 1. The van der Waals surface area contributed by atoms with Crippen LogP contribution in [0.4, 0.5) is 5.69 Å². The Morgan fingerprint density at radius 1 is 1.37 bits per heavy atom. The lowest BCUT2D eigenvalue weighted by atomic mass is 10.3. The molecule has 19 heavy (non-hydrogen) atoms. The second kappa shape index (κ2) is 4.49.